The second-order valence-electron chi connectivity index (χ2n) is 5.62. The third-order valence-electron chi connectivity index (χ3n) is 4.12. The summed E-state index contributed by atoms with van der Waals surface area (Å²) in [6.45, 7) is 2.19. The van der Waals surface area contributed by atoms with Gasteiger partial charge in [-0.25, -0.2) is 8.42 Å². The summed E-state index contributed by atoms with van der Waals surface area (Å²) < 4.78 is 26.8. The summed E-state index contributed by atoms with van der Waals surface area (Å²) in [6, 6.07) is 6.63. The van der Waals surface area contributed by atoms with Gasteiger partial charge in [0.15, 0.2) is 0 Å². The third-order valence-corrected chi connectivity index (χ3v) is 6.05. The Morgan fingerprint density at radius 2 is 1.90 bits per heavy atom. The Kier molecular flexibility index (Phi) is 4.67. The molecular formula is C14H23N3O2S. The molecule has 6 heteroatoms. The van der Waals surface area contributed by atoms with Crippen LogP contribution in [0.15, 0.2) is 29.2 Å². The molecule has 0 heterocycles. The van der Waals surface area contributed by atoms with Crippen molar-refractivity contribution >= 4 is 15.7 Å². The third kappa shape index (κ3) is 3.13. The van der Waals surface area contributed by atoms with E-state index in [9.17, 15) is 8.42 Å². The van der Waals surface area contributed by atoms with Crippen molar-refractivity contribution in [1.82, 2.24) is 4.31 Å². The molecule has 1 aromatic carbocycles. The van der Waals surface area contributed by atoms with Gasteiger partial charge in [0.05, 0.1) is 4.90 Å². The zero-order valence-corrected chi connectivity index (χ0v) is 12.9. The van der Waals surface area contributed by atoms with Crippen LogP contribution in [0.4, 0.5) is 5.69 Å². The van der Waals surface area contributed by atoms with E-state index in [1.54, 1.807) is 31.3 Å². The summed E-state index contributed by atoms with van der Waals surface area (Å²) in [5.41, 5.74) is 3.19. The minimum Gasteiger partial charge on any atom is -0.324 e. The molecule has 1 saturated carbocycles. The molecule has 1 fully saturated rings. The van der Waals surface area contributed by atoms with Gasteiger partial charge in [0.2, 0.25) is 10.0 Å². The maximum Gasteiger partial charge on any atom is 0.243 e. The average molecular weight is 297 g/mol. The monoisotopic (exact) mass is 297 g/mol. The largest absolute Gasteiger partial charge is 0.324 e. The Balaban J connectivity index is 2.19. The number of hydrogen-bond acceptors (Lipinski definition) is 4. The molecule has 112 valence electrons. The highest BCUT2D eigenvalue weighted by Crippen LogP contribution is 2.30. The number of nitrogen functional groups attached to an aromatic ring is 1. The van der Waals surface area contributed by atoms with Crippen molar-refractivity contribution in [2.45, 2.75) is 43.5 Å². The second kappa shape index (κ2) is 6.11. The number of nitrogens with zero attached hydrogens (tertiary/aromatic N) is 1. The summed E-state index contributed by atoms with van der Waals surface area (Å²) >= 11 is 0. The summed E-state index contributed by atoms with van der Waals surface area (Å²) in [6.07, 6.45) is 4.18. The van der Waals surface area contributed by atoms with Crippen molar-refractivity contribution < 1.29 is 8.42 Å². The van der Waals surface area contributed by atoms with Gasteiger partial charge in [-0.3, -0.25) is 5.84 Å². The Labute approximate surface area is 121 Å². The van der Waals surface area contributed by atoms with Gasteiger partial charge in [0.25, 0.3) is 0 Å². The van der Waals surface area contributed by atoms with E-state index in [0.717, 1.165) is 19.3 Å². The van der Waals surface area contributed by atoms with E-state index in [2.05, 4.69) is 12.3 Å². The maximum absolute atomic E-state index is 12.6. The Bertz CT molecular complexity index is 542. The van der Waals surface area contributed by atoms with Crippen molar-refractivity contribution in [3.05, 3.63) is 24.3 Å². The smallest absolute Gasteiger partial charge is 0.243 e. The molecule has 0 bridgehead atoms. The summed E-state index contributed by atoms with van der Waals surface area (Å²) in [5.74, 6) is 5.88. The predicted molar refractivity (Wildman–Crippen MR) is 80.6 cm³/mol. The molecule has 0 amide bonds. The predicted octanol–water partition coefficient (Wildman–Crippen LogP) is 2.17. The van der Waals surface area contributed by atoms with E-state index >= 15 is 0 Å². The standard InChI is InChI=1S/C14H23N3O2S/c1-11-4-3-5-13(10-11)17(2)20(18,19)14-8-6-12(16-15)7-9-14/h6-9,11,13,16H,3-5,10,15H2,1-2H3. The van der Waals surface area contributed by atoms with Gasteiger partial charge in [-0.05, 0) is 43.0 Å². The van der Waals surface area contributed by atoms with Gasteiger partial charge < -0.3 is 5.43 Å². The van der Waals surface area contributed by atoms with E-state index in [0.29, 0.717) is 16.5 Å². The van der Waals surface area contributed by atoms with Crippen LogP contribution in [0.5, 0.6) is 0 Å². The molecule has 1 aromatic rings. The van der Waals surface area contributed by atoms with Crippen LogP contribution < -0.4 is 11.3 Å². The average Bonchev–Trinajstić information content (AvgIpc) is 2.46. The van der Waals surface area contributed by atoms with Gasteiger partial charge in [-0.15, -0.1) is 0 Å². The molecule has 1 aliphatic carbocycles. The lowest BCUT2D eigenvalue weighted by Gasteiger charge is -2.33. The molecule has 20 heavy (non-hydrogen) atoms. The Hall–Kier alpha value is -1.11. The number of nitrogens with two attached hydrogens (primary N) is 1. The first-order valence-corrected chi connectivity index (χ1v) is 8.44. The van der Waals surface area contributed by atoms with Crippen LogP contribution in [0.2, 0.25) is 0 Å². The zero-order valence-electron chi connectivity index (χ0n) is 12.0. The van der Waals surface area contributed by atoms with E-state index < -0.39 is 10.0 Å². The summed E-state index contributed by atoms with van der Waals surface area (Å²) in [7, 11) is -1.73. The van der Waals surface area contributed by atoms with Gasteiger partial charge >= 0.3 is 0 Å². The molecule has 0 aromatic heterocycles. The first-order valence-electron chi connectivity index (χ1n) is 7.00. The molecule has 5 nitrogen and oxygen atoms in total. The number of hydrogen-bond donors (Lipinski definition) is 2. The van der Waals surface area contributed by atoms with E-state index in [1.807, 2.05) is 0 Å². The lowest BCUT2D eigenvalue weighted by Crippen LogP contribution is -2.39. The summed E-state index contributed by atoms with van der Waals surface area (Å²) in [5, 5.41) is 0. The van der Waals surface area contributed by atoms with Crippen molar-refractivity contribution in [3.8, 4) is 0 Å². The molecule has 3 N–H and O–H groups in total. The fraction of sp³-hybridized carbons (Fsp3) is 0.571. The number of sulfonamides is 1. The van der Waals surface area contributed by atoms with Crippen LogP contribution in [-0.4, -0.2) is 25.8 Å². The highest BCUT2D eigenvalue weighted by atomic mass is 32.2. The SMILES string of the molecule is CC1CCCC(N(C)S(=O)(=O)c2ccc(NN)cc2)C1. The molecule has 0 saturated heterocycles. The lowest BCUT2D eigenvalue weighted by molar-refractivity contribution is 0.239. The maximum atomic E-state index is 12.6. The van der Waals surface area contributed by atoms with Crippen molar-refractivity contribution in [3.63, 3.8) is 0 Å². The molecule has 0 radical (unpaired) electrons. The van der Waals surface area contributed by atoms with Crippen LogP contribution in [0.25, 0.3) is 0 Å². The van der Waals surface area contributed by atoms with Gasteiger partial charge in [0, 0.05) is 18.8 Å². The summed E-state index contributed by atoms with van der Waals surface area (Å²) in [4.78, 5) is 0.317. The molecular weight excluding hydrogens is 274 g/mol. The fourth-order valence-corrected chi connectivity index (χ4v) is 4.21. The van der Waals surface area contributed by atoms with Crippen molar-refractivity contribution in [1.29, 1.82) is 0 Å². The molecule has 1 aliphatic rings. The number of anilines is 1. The highest BCUT2D eigenvalue weighted by Gasteiger charge is 2.30. The number of rotatable bonds is 4. The molecule has 2 rings (SSSR count). The number of benzene rings is 1. The van der Waals surface area contributed by atoms with Gasteiger partial charge in [0.1, 0.15) is 0 Å². The lowest BCUT2D eigenvalue weighted by atomic mass is 9.87. The van der Waals surface area contributed by atoms with Gasteiger partial charge in [-0.1, -0.05) is 19.8 Å². The Morgan fingerprint density at radius 1 is 1.25 bits per heavy atom. The van der Waals surface area contributed by atoms with Crippen molar-refractivity contribution in [2.24, 2.45) is 11.8 Å². The normalized spacial score (nSPS) is 23.8. The molecule has 0 spiro atoms. The van der Waals surface area contributed by atoms with E-state index in [-0.39, 0.29) is 6.04 Å². The van der Waals surface area contributed by atoms with E-state index in [4.69, 9.17) is 5.84 Å². The highest BCUT2D eigenvalue weighted by molar-refractivity contribution is 7.89. The van der Waals surface area contributed by atoms with Crippen LogP contribution >= 0.6 is 0 Å². The second-order valence-corrected chi connectivity index (χ2v) is 7.61. The molecule has 2 unspecified atom stereocenters. The Morgan fingerprint density at radius 3 is 2.45 bits per heavy atom. The van der Waals surface area contributed by atoms with Crippen LogP contribution in [-0.2, 0) is 10.0 Å². The molecule has 0 aliphatic heterocycles. The first-order chi connectivity index (χ1) is 9.45. The number of hydrazine groups is 1. The van der Waals surface area contributed by atoms with E-state index in [1.165, 1.54) is 10.7 Å². The van der Waals surface area contributed by atoms with Crippen molar-refractivity contribution in [2.75, 3.05) is 12.5 Å². The molecule has 2 atom stereocenters. The number of nitrogens with one attached hydrogen (secondary N) is 1. The fourth-order valence-electron chi connectivity index (χ4n) is 2.82. The van der Waals surface area contributed by atoms with Crippen LogP contribution in [0, 0.1) is 5.92 Å². The van der Waals surface area contributed by atoms with Crippen LogP contribution in [0.3, 0.4) is 0 Å². The van der Waals surface area contributed by atoms with Gasteiger partial charge in [-0.2, -0.15) is 4.31 Å². The minimum absolute atomic E-state index is 0.107. The quantitative estimate of drug-likeness (QED) is 0.660. The first kappa shape index (κ1) is 15.3. The minimum atomic E-state index is -3.42. The zero-order chi connectivity index (χ0) is 14.8. The topological polar surface area (TPSA) is 75.4 Å². The van der Waals surface area contributed by atoms with Crippen LogP contribution in [0.1, 0.15) is 32.6 Å².